The van der Waals surface area contributed by atoms with Crippen molar-refractivity contribution in [3.8, 4) is 11.3 Å². The summed E-state index contributed by atoms with van der Waals surface area (Å²) in [6, 6.07) is 16.9. The Hall–Kier alpha value is -2.59. The molecule has 1 N–H and O–H groups in total. The van der Waals surface area contributed by atoms with Crippen molar-refractivity contribution in [3.63, 3.8) is 0 Å². The highest BCUT2D eigenvalue weighted by molar-refractivity contribution is 6.30. The zero-order valence-corrected chi connectivity index (χ0v) is 13.3. The van der Waals surface area contributed by atoms with Crippen molar-refractivity contribution in [2.75, 3.05) is 0 Å². The number of rotatable bonds is 4. The van der Waals surface area contributed by atoms with Gasteiger partial charge in [-0.3, -0.25) is 4.79 Å². The van der Waals surface area contributed by atoms with Gasteiger partial charge >= 0.3 is 0 Å². The monoisotopic (exact) mass is 326 g/mol. The number of aromatic nitrogens is 1. The van der Waals surface area contributed by atoms with Crippen molar-refractivity contribution in [1.82, 2.24) is 10.5 Å². The van der Waals surface area contributed by atoms with Gasteiger partial charge in [0.05, 0.1) is 0 Å². The van der Waals surface area contributed by atoms with Gasteiger partial charge in [-0.2, -0.15) is 0 Å². The predicted molar refractivity (Wildman–Crippen MR) is 89.3 cm³/mol. The van der Waals surface area contributed by atoms with Crippen LogP contribution in [0.3, 0.4) is 0 Å². The summed E-state index contributed by atoms with van der Waals surface area (Å²) in [5, 5.41) is 7.49. The van der Waals surface area contributed by atoms with Crippen molar-refractivity contribution < 1.29 is 9.32 Å². The maximum atomic E-state index is 12.5. The predicted octanol–water partition coefficient (Wildman–Crippen LogP) is 4.23. The van der Waals surface area contributed by atoms with Gasteiger partial charge in [-0.15, -0.1) is 0 Å². The van der Waals surface area contributed by atoms with Crippen LogP contribution in [0.1, 0.15) is 21.7 Å². The molecule has 3 rings (SSSR count). The molecule has 0 fully saturated rings. The van der Waals surface area contributed by atoms with Crippen molar-refractivity contribution in [3.05, 3.63) is 76.5 Å². The number of carbonyl (C=O) groups excluding carboxylic acids is 1. The van der Waals surface area contributed by atoms with Crippen LogP contribution >= 0.6 is 11.6 Å². The van der Waals surface area contributed by atoms with Crippen LogP contribution < -0.4 is 5.32 Å². The summed E-state index contributed by atoms with van der Waals surface area (Å²) < 4.78 is 5.21. The molecule has 3 aromatic rings. The molecular formula is C18H15ClN2O2. The van der Waals surface area contributed by atoms with E-state index in [4.69, 9.17) is 16.1 Å². The molecule has 0 unspecified atom stereocenters. The number of aryl methyl sites for hydroxylation is 1. The van der Waals surface area contributed by atoms with Gasteiger partial charge in [-0.25, -0.2) is 0 Å². The number of hydrogen-bond donors (Lipinski definition) is 1. The highest BCUT2D eigenvalue weighted by Gasteiger charge is 2.21. The highest BCUT2D eigenvalue weighted by Crippen LogP contribution is 2.27. The van der Waals surface area contributed by atoms with Crippen LogP contribution in [0.25, 0.3) is 11.3 Å². The average molecular weight is 327 g/mol. The fourth-order valence-corrected chi connectivity index (χ4v) is 2.53. The van der Waals surface area contributed by atoms with Crippen LogP contribution in [0.15, 0.2) is 59.1 Å². The van der Waals surface area contributed by atoms with E-state index in [2.05, 4.69) is 10.5 Å². The van der Waals surface area contributed by atoms with Crippen LogP contribution in [0, 0.1) is 6.92 Å². The molecule has 1 heterocycles. The number of hydrogen-bond acceptors (Lipinski definition) is 3. The molecule has 0 radical (unpaired) electrons. The normalized spacial score (nSPS) is 10.5. The number of carbonyl (C=O) groups is 1. The van der Waals surface area contributed by atoms with Gasteiger partial charge in [0.1, 0.15) is 17.0 Å². The summed E-state index contributed by atoms with van der Waals surface area (Å²) in [6.07, 6.45) is 0. The molecule has 4 nitrogen and oxygen atoms in total. The molecule has 5 heteroatoms. The minimum Gasteiger partial charge on any atom is -0.360 e. The number of nitrogens with one attached hydrogen (secondary N) is 1. The lowest BCUT2D eigenvalue weighted by Crippen LogP contribution is -2.23. The smallest absolute Gasteiger partial charge is 0.257 e. The summed E-state index contributed by atoms with van der Waals surface area (Å²) in [5.74, 6) is 0.258. The molecule has 1 amide bonds. The quantitative estimate of drug-likeness (QED) is 0.780. The van der Waals surface area contributed by atoms with Crippen molar-refractivity contribution in [2.24, 2.45) is 0 Å². The molecule has 1 aromatic heterocycles. The number of halogens is 1. The minimum absolute atomic E-state index is 0.220. The van der Waals surface area contributed by atoms with E-state index >= 15 is 0 Å². The highest BCUT2D eigenvalue weighted by atomic mass is 35.5. The van der Waals surface area contributed by atoms with E-state index in [0.29, 0.717) is 28.6 Å². The first-order valence-corrected chi connectivity index (χ1v) is 7.57. The molecule has 0 aliphatic heterocycles. The van der Waals surface area contributed by atoms with Crippen molar-refractivity contribution in [1.29, 1.82) is 0 Å². The number of nitrogens with zero attached hydrogens (tertiary/aromatic N) is 1. The van der Waals surface area contributed by atoms with Gasteiger partial charge in [-0.05, 0) is 24.6 Å². The second kappa shape index (κ2) is 6.67. The molecular weight excluding hydrogens is 312 g/mol. The Morgan fingerprint density at radius 2 is 1.96 bits per heavy atom. The van der Waals surface area contributed by atoms with E-state index < -0.39 is 0 Å². The van der Waals surface area contributed by atoms with Crippen molar-refractivity contribution >= 4 is 17.5 Å². The summed E-state index contributed by atoms with van der Waals surface area (Å²) in [7, 11) is 0. The van der Waals surface area contributed by atoms with Crippen LogP contribution in [-0.4, -0.2) is 11.1 Å². The summed E-state index contributed by atoms with van der Waals surface area (Å²) in [4.78, 5) is 12.5. The van der Waals surface area contributed by atoms with E-state index in [0.717, 1.165) is 11.1 Å². The van der Waals surface area contributed by atoms with E-state index in [-0.39, 0.29) is 5.91 Å². The molecule has 0 saturated heterocycles. The Morgan fingerprint density at radius 3 is 2.70 bits per heavy atom. The Labute approximate surface area is 139 Å². The Balaban J connectivity index is 1.85. The van der Waals surface area contributed by atoms with Gasteiger partial charge in [-0.1, -0.05) is 59.2 Å². The third-order valence-electron chi connectivity index (χ3n) is 3.48. The molecule has 0 saturated carbocycles. The number of benzene rings is 2. The van der Waals surface area contributed by atoms with Gasteiger partial charge in [0.15, 0.2) is 0 Å². The Kier molecular flexibility index (Phi) is 4.44. The fraction of sp³-hybridized carbons (Fsp3) is 0.111. The Bertz CT molecular complexity index is 828. The van der Waals surface area contributed by atoms with E-state index in [1.54, 1.807) is 19.1 Å². The lowest BCUT2D eigenvalue weighted by Gasteiger charge is -2.06. The first kappa shape index (κ1) is 15.3. The molecule has 116 valence electrons. The molecule has 0 aliphatic rings. The molecule has 0 spiro atoms. The SMILES string of the molecule is Cc1onc(-c2cccc(Cl)c2)c1C(=O)NCc1ccccc1. The lowest BCUT2D eigenvalue weighted by atomic mass is 10.1. The summed E-state index contributed by atoms with van der Waals surface area (Å²) in [6.45, 7) is 2.16. The van der Waals surface area contributed by atoms with Gasteiger partial charge in [0.2, 0.25) is 0 Å². The van der Waals surface area contributed by atoms with Crippen LogP contribution in [0.4, 0.5) is 0 Å². The van der Waals surface area contributed by atoms with Crippen LogP contribution in [0.5, 0.6) is 0 Å². The van der Waals surface area contributed by atoms with E-state index in [9.17, 15) is 4.79 Å². The summed E-state index contributed by atoms with van der Waals surface area (Å²) in [5.41, 5.74) is 2.71. The third kappa shape index (κ3) is 3.43. The first-order chi connectivity index (χ1) is 11.1. The zero-order valence-electron chi connectivity index (χ0n) is 12.5. The maximum absolute atomic E-state index is 12.5. The first-order valence-electron chi connectivity index (χ1n) is 7.19. The topological polar surface area (TPSA) is 55.1 Å². The second-order valence-corrected chi connectivity index (χ2v) is 5.58. The van der Waals surface area contributed by atoms with Gasteiger partial charge < -0.3 is 9.84 Å². The van der Waals surface area contributed by atoms with E-state index in [1.165, 1.54) is 0 Å². The summed E-state index contributed by atoms with van der Waals surface area (Å²) >= 11 is 6.02. The van der Waals surface area contributed by atoms with Crippen LogP contribution in [0.2, 0.25) is 5.02 Å². The molecule has 23 heavy (non-hydrogen) atoms. The minimum atomic E-state index is -0.220. The second-order valence-electron chi connectivity index (χ2n) is 5.14. The third-order valence-corrected chi connectivity index (χ3v) is 3.72. The van der Waals surface area contributed by atoms with E-state index in [1.807, 2.05) is 42.5 Å². The standard InChI is InChI=1S/C18H15ClN2O2/c1-12-16(18(22)20-11-13-6-3-2-4-7-13)17(21-23-12)14-8-5-9-15(19)10-14/h2-10H,11H2,1H3,(H,20,22). The van der Waals surface area contributed by atoms with Crippen molar-refractivity contribution in [2.45, 2.75) is 13.5 Å². The molecule has 0 atom stereocenters. The molecule has 0 bridgehead atoms. The molecule has 0 aliphatic carbocycles. The maximum Gasteiger partial charge on any atom is 0.257 e. The lowest BCUT2D eigenvalue weighted by molar-refractivity contribution is 0.0950. The number of amides is 1. The zero-order chi connectivity index (χ0) is 16.2. The van der Waals surface area contributed by atoms with Gasteiger partial charge in [0, 0.05) is 17.1 Å². The molecule has 2 aromatic carbocycles. The Morgan fingerprint density at radius 1 is 1.17 bits per heavy atom. The average Bonchev–Trinajstić information content (AvgIpc) is 2.95. The van der Waals surface area contributed by atoms with Gasteiger partial charge in [0.25, 0.3) is 5.91 Å². The fourth-order valence-electron chi connectivity index (χ4n) is 2.34. The largest absolute Gasteiger partial charge is 0.360 e. The van der Waals surface area contributed by atoms with Crippen LogP contribution in [-0.2, 0) is 6.54 Å².